The molecule has 0 aliphatic heterocycles. The first-order valence-electron chi connectivity index (χ1n) is 9.43. The van der Waals surface area contributed by atoms with Crippen LogP contribution in [-0.4, -0.2) is 54.5 Å². The van der Waals surface area contributed by atoms with Gasteiger partial charge in [-0.2, -0.15) is 5.26 Å². The zero-order valence-corrected chi connectivity index (χ0v) is 16.6. The van der Waals surface area contributed by atoms with E-state index in [2.05, 4.69) is 18.7 Å². The number of unbranched alkanes of at least 4 members (excludes halogenated alkanes) is 2. The lowest BCUT2D eigenvalue weighted by molar-refractivity contribution is -0.143. The number of carbonyl (C=O) groups is 1. The molecule has 6 heteroatoms. The van der Waals surface area contributed by atoms with Gasteiger partial charge in [0.15, 0.2) is 0 Å². The minimum Gasteiger partial charge on any atom is -0.459 e. The monoisotopic (exact) mass is 366 g/mol. The van der Waals surface area contributed by atoms with E-state index in [0.29, 0.717) is 0 Å². The number of carbonyl (C=O) groups excluding carboxylic acids is 1. The topological polar surface area (TPSA) is 82.8 Å². The Kier molecular flexibility index (Phi) is 14.3. The smallest absolute Gasteiger partial charge is 0.348 e. The molecule has 0 bridgehead atoms. The zero-order chi connectivity index (χ0) is 19.8. The summed E-state index contributed by atoms with van der Waals surface area (Å²) in [5.41, 5.74) is -0.0934. The first-order valence-corrected chi connectivity index (χ1v) is 9.43. The molecule has 26 heavy (non-hydrogen) atoms. The molecule has 0 rings (SSSR count). The van der Waals surface area contributed by atoms with Crippen LogP contribution in [0.15, 0.2) is 23.9 Å². The molecule has 1 N–H and O–H groups in total. The molecule has 0 saturated heterocycles. The number of aliphatic hydroxyl groups is 1. The highest BCUT2D eigenvalue weighted by Crippen LogP contribution is 2.03. The summed E-state index contributed by atoms with van der Waals surface area (Å²) < 4.78 is 10.2. The predicted octanol–water partition coefficient (Wildman–Crippen LogP) is 3.18. The van der Waals surface area contributed by atoms with Crippen molar-refractivity contribution in [3.8, 4) is 6.07 Å². The maximum Gasteiger partial charge on any atom is 0.348 e. The third-order valence-electron chi connectivity index (χ3n) is 3.53. The van der Waals surface area contributed by atoms with Crippen LogP contribution in [0, 0.1) is 11.3 Å². The Hall–Kier alpha value is -1.84. The largest absolute Gasteiger partial charge is 0.459 e. The standard InChI is InChI=1S/C20H34N2O4/c1-5-7-11-22(12-8-6-2)13-9-10-18(14-21)20(24)26-16-19(23)15-25-17(3)4/h9-10,13,17,19,23H,5-8,11-12,15-16H2,1-4H3/b13-9+,18-10+. The van der Waals surface area contributed by atoms with Crippen LogP contribution in [0.4, 0.5) is 0 Å². The summed E-state index contributed by atoms with van der Waals surface area (Å²) in [5.74, 6) is -0.741. The number of hydrogen-bond donors (Lipinski definition) is 1. The second-order valence-corrected chi connectivity index (χ2v) is 6.41. The lowest BCUT2D eigenvalue weighted by atomic mass is 10.2. The van der Waals surface area contributed by atoms with Gasteiger partial charge in [-0.15, -0.1) is 0 Å². The molecule has 0 radical (unpaired) electrons. The molecule has 0 amide bonds. The maximum atomic E-state index is 11.9. The molecular formula is C20H34N2O4. The fourth-order valence-electron chi connectivity index (χ4n) is 2.00. The molecule has 0 saturated carbocycles. The van der Waals surface area contributed by atoms with Crippen LogP contribution in [0.3, 0.4) is 0 Å². The average molecular weight is 367 g/mol. The van der Waals surface area contributed by atoms with Gasteiger partial charge in [0, 0.05) is 13.1 Å². The van der Waals surface area contributed by atoms with Gasteiger partial charge in [-0.3, -0.25) is 0 Å². The molecule has 1 atom stereocenters. The van der Waals surface area contributed by atoms with Crippen molar-refractivity contribution < 1.29 is 19.4 Å². The number of esters is 1. The van der Waals surface area contributed by atoms with Crippen LogP contribution < -0.4 is 0 Å². The Bertz CT molecular complexity index is 473. The lowest BCUT2D eigenvalue weighted by Gasteiger charge is -2.19. The van der Waals surface area contributed by atoms with Gasteiger partial charge >= 0.3 is 5.97 Å². The first-order chi connectivity index (χ1) is 12.4. The van der Waals surface area contributed by atoms with Gasteiger partial charge < -0.3 is 19.5 Å². The van der Waals surface area contributed by atoms with E-state index >= 15 is 0 Å². The second-order valence-electron chi connectivity index (χ2n) is 6.41. The van der Waals surface area contributed by atoms with E-state index in [1.54, 1.807) is 6.08 Å². The molecule has 0 aromatic heterocycles. The highest BCUT2D eigenvalue weighted by atomic mass is 16.5. The fraction of sp³-hybridized carbons (Fsp3) is 0.700. The lowest BCUT2D eigenvalue weighted by Crippen LogP contribution is -2.25. The first kappa shape index (κ1) is 24.2. The van der Waals surface area contributed by atoms with Crippen LogP contribution in [0.25, 0.3) is 0 Å². The van der Waals surface area contributed by atoms with Gasteiger partial charge in [-0.25, -0.2) is 4.79 Å². The summed E-state index contributed by atoms with van der Waals surface area (Å²) in [6.45, 7) is 9.79. The fourth-order valence-corrected chi connectivity index (χ4v) is 2.00. The van der Waals surface area contributed by atoms with Gasteiger partial charge in [-0.05, 0) is 45.0 Å². The molecule has 0 aliphatic rings. The number of allylic oxidation sites excluding steroid dienone is 2. The molecule has 148 valence electrons. The maximum absolute atomic E-state index is 11.9. The number of hydrogen-bond acceptors (Lipinski definition) is 6. The molecular weight excluding hydrogens is 332 g/mol. The van der Waals surface area contributed by atoms with E-state index in [0.717, 1.165) is 38.8 Å². The van der Waals surface area contributed by atoms with Crippen molar-refractivity contribution in [2.45, 2.75) is 65.6 Å². The Morgan fingerprint density at radius 3 is 2.31 bits per heavy atom. The molecule has 1 unspecified atom stereocenters. The van der Waals surface area contributed by atoms with Gasteiger partial charge in [0.2, 0.25) is 0 Å². The number of nitriles is 1. The van der Waals surface area contributed by atoms with E-state index in [1.807, 2.05) is 26.1 Å². The second kappa shape index (κ2) is 15.4. The molecule has 0 spiro atoms. The van der Waals surface area contributed by atoms with Crippen LogP contribution in [0.5, 0.6) is 0 Å². The minimum absolute atomic E-state index is 0.0107. The Balaban J connectivity index is 4.57. The van der Waals surface area contributed by atoms with Crippen molar-refractivity contribution in [2.24, 2.45) is 0 Å². The summed E-state index contributed by atoms with van der Waals surface area (Å²) in [6.07, 6.45) is 8.56. The molecule has 0 heterocycles. The summed E-state index contributed by atoms with van der Waals surface area (Å²) in [6, 6.07) is 1.84. The number of nitrogens with zero attached hydrogens (tertiary/aromatic N) is 2. The Labute approximate surface area is 158 Å². The van der Waals surface area contributed by atoms with E-state index in [4.69, 9.17) is 14.7 Å². The van der Waals surface area contributed by atoms with Crippen LogP contribution in [0.1, 0.15) is 53.4 Å². The van der Waals surface area contributed by atoms with Gasteiger partial charge in [0.1, 0.15) is 24.4 Å². The molecule has 0 fully saturated rings. The third kappa shape index (κ3) is 12.5. The normalized spacial score (nSPS) is 13.0. The zero-order valence-electron chi connectivity index (χ0n) is 16.6. The number of ether oxygens (including phenoxy) is 2. The number of aliphatic hydroxyl groups excluding tert-OH is 1. The quantitative estimate of drug-likeness (QED) is 0.220. The highest BCUT2D eigenvalue weighted by Gasteiger charge is 2.13. The minimum atomic E-state index is -0.907. The summed E-state index contributed by atoms with van der Waals surface area (Å²) >= 11 is 0. The Morgan fingerprint density at radius 1 is 1.19 bits per heavy atom. The van der Waals surface area contributed by atoms with Crippen LogP contribution >= 0.6 is 0 Å². The van der Waals surface area contributed by atoms with Gasteiger partial charge in [0.05, 0.1) is 12.7 Å². The summed E-state index contributed by atoms with van der Waals surface area (Å²) in [5, 5.41) is 18.8. The van der Waals surface area contributed by atoms with Crippen molar-refractivity contribution in [2.75, 3.05) is 26.3 Å². The highest BCUT2D eigenvalue weighted by molar-refractivity contribution is 5.93. The third-order valence-corrected chi connectivity index (χ3v) is 3.53. The number of rotatable bonds is 14. The van der Waals surface area contributed by atoms with Crippen molar-refractivity contribution in [3.05, 3.63) is 23.9 Å². The Morgan fingerprint density at radius 2 is 1.81 bits per heavy atom. The van der Waals surface area contributed by atoms with Crippen LogP contribution in [0.2, 0.25) is 0 Å². The molecule has 0 aromatic rings. The van der Waals surface area contributed by atoms with E-state index in [9.17, 15) is 9.90 Å². The van der Waals surface area contributed by atoms with E-state index < -0.39 is 12.1 Å². The van der Waals surface area contributed by atoms with Crippen molar-refractivity contribution in [1.82, 2.24) is 4.90 Å². The van der Waals surface area contributed by atoms with Crippen molar-refractivity contribution >= 4 is 5.97 Å². The molecule has 0 aromatic carbocycles. The average Bonchev–Trinajstić information content (AvgIpc) is 2.62. The van der Waals surface area contributed by atoms with Crippen molar-refractivity contribution in [1.29, 1.82) is 5.26 Å². The summed E-state index contributed by atoms with van der Waals surface area (Å²) in [7, 11) is 0. The van der Waals surface area contributed by atoms with Crippen molar-refractivity contribution in [3.63, 3.8) is 0 Å². The van der Waals surface area contributed by atoms with Gasteiger partial charge in [-0.1, -0.05) is 26.7 Å². The summed E-state index contributed by atoms with van der Waals surface area (Å²) in [4.78, 5) is 14.1. The molecule has 0 aliphatic carbocycles. The predicted molar refractivity (Wildman–Crippen MR) is 102 cm³/mol. The molecule has 6 nitrogen and oxygen atoms in total. The van der Waals surface area contributed by atoms with Gasteiger partial charge in [0.25, 0.3) is 0 Å². The SMILES string of the molecule is CCCCN(/C=C/C=C(\C#N)C(=O)OCC(O)COC(C)C)CCCC. The van der Waals surface area contributed by atoms with E-state index in [-0.39, 0.29) is 24.9 Å². The van der Waals surface area contributed by atoms with E-state index in [1.165, 1.54) is 6.08 Å². The van der Waals surface area contributed by atoms with Crippen LogP contribution in [-0.2, 0) is 14.3 Å².